The highest BCUT2D eigenvalue weighted by Gasteiger charge is 2.15. The van der Waals surface area contributed by atoms with Crippen LogP contribution in [0, 0.1) is 5.82 Å². The van der Waals surface area contributed by atoms with Gasteiger partial charge in [-0.05, 0) is 19.9 Å². The Balaban J connectivity index is 0.00000104. The molecule has 2 rings (SSSR count). The van der Waals surface area contributed by atoms with E-state index in [2.05, 4.69) is 17.0 Å². The molecular weight excluding hydrogens is 321 g/mol. The van der Waals surface area contributed by atoms with Crippen molar-refractivity contribution >= 4 is 11.8 Å². The number of hydrogen-bond acceptors (Lipinski definition) is 4. The van der Waals surface area contributed by atoms with Crippen molar-refractivity contribution in [2.75, 3.05) is 19.0 Å². The first-order chi connectivity index (χ1) is 12.1. The first-order valence-corrected chi connectivity index (χ1v) is 8.30. The van der Waals surface area contributed by atoms with Crippen molar-refractivity contribution in [1.82, 2.24) is 9.78 Å². The van der Waals surface area contributed by atoms with Gasteiger partial charge in [0, 0.05) is 18.7 Å². The first-order valence-electron chi connectivity index (χ1n) is 8.30. The van der Waals surface area contributed by atoms with Crippen molar-refractivity contribution in [2.24, 2.45) is 0 Å². The molecule has 5 nitrogen and oxygen atoms in total. The first kappa shape index (κ1) is 22.4. The summed E-state index contributed by atoms with van der Waals surface area (Å²) in [5.41, 5.74) is 0.704. The Hall–Kier alpha value is -2.63. The molecule has 0 saturated carbocycles. The predicted octanol–water partition coefficient (Wildman–Crippen LogP) is 4.51. The van der Waals surface area contributed by atoms with Gasteiger partial charge in [0.15, 0.2) is 5.69 Å². The van der Waals surface area contributed by atoms with Crippen molar-refractivity contribution in [3.05, 3.63) is 60.1 Å². The largest absolute Gasteiger partial charge is 0.461 e. The van der Waals surface area contributed by atoms with Crippen LogP contribution in [0.3, 0.4) is 0 Å². The smallest absolute Gasteiger partial charge is 0.358 e. The summed E-state index contributed by atoms with van der Waals surface area (Å²) in [6.45, 7) is 11.5. The zero-order valence-electron chi connectivity index (χ0n) is 15.7. The van der Waals surface area contributed by atoms with E-state index < -0.39 is 5.97 Å². The van der Waals surface area contributed by atoms with Crippen LogP contribution in [-0.2, 0) is 11.3 Å². The van der Waals surface area contributed by atoms with Crippen molar-refractivity contribution < 1.29 is 13.9 Å². The Morgan fingerprint density at radius 2 is 2.00 bits per heavy atom. The third kappa shape index (κ3) is 7.20. The lowest BCUT2D eigenvalue weighted by molar-refractivity contribution is 0.0518. The molecule has 0 bridgehead atoms. The maximum Gasteiger partial charge on any atom is 0.358 e. The number of nitrogens with zero attached hydrogens (tertiary/aromatic N) is 2. The number of ether oxygens (including phenoxy) is 1. The molecule has 6 heteroatoms. The third-order valence-electron chi connectivity index (χ3n) is 2.80. The van der Waals surface area contributed by atoms with E-state index in [1.807, 2.05) is 20.8 Å². The van der Waals surface area contributed by atoms with Gasteiger partial charge in [-0.25, -0.2) is 13.9 Å². The normalized spacial score (nSPS) is 9.04. The Morgan fingerprint density at radius 3 is 2.52 bits per heavy atom. The maximum absolute atomic E-state index is 13.6. The fourth-order valence-corrected chi connectivity index (χ4v) is 1.83. The van der Waals surface area contributed by atoms with Gasteiger partial charge in [-0.2, -0.15) is 5.10 Å². The van der Waals surface area contributed by atoms with Gasteiger partial charge in [-0.1, -0.05) is 38.1 Å². The lowest BCUT2D eigenvalue weighted by Crippen LogP contribution is -2.09. The topological polar surface area (TPSA) is 56.1 Å². The molecular formula is C19H28FN3O2. The SMILES string of the molecule is C=CC.CC.CCOC(=O)c1cc(NC)n(Cc2ccccc2F)n1. The standard InChI is InChI=1S/C14H16FN3O2.C3H6.C2H6/c1-3-20-14(19)12-8-13(16-2)18(17-12)9-10-6-4-5-7-11(10)15;1-3-2;1-2/h4-8,16H,3,9H2,1-2H3;3H,1H2,2H3;1-2H3. The number of carbonyl (C=O) groups excluding carboxylic acids is 1. The van der Waals surface area contributed by atoms with Gasteiger partial charge >= 0.3 is 5.97 Å². The lowest BCUT2D eigenvalue weighted by Gasteiger charge is -2.07. The van der Waals surface area contributed by atoms with Crippen LogP contribution in [-0.4, -0.2) is 29.4 Å². The van der Waals surface area contributed by atoms with Gasteiger partial charge < -0.3 is 10.1 Å². The van der Waals surface area contributed by atoms with Crippen LogP contribution in [0.15, 0.2) is 43.0 Å². The molecule has 0 spiro atoms. The molecule has 138 valence electrons. The highest BCUT2D eigenvalue weighted by Crippen LogP contribution is 2.15. The second-order valence-corrected chi connectivity index (χ2v) is 4.54. The third-order valence-corrected chi connectivity index (χ3v) is 2.80. The van der Waals surface area contributed by atoms with Gasteiger partial charge in [-0.15, -0.1) is 6.58 Å². The van der Waals surface area contributed by atoms with Gasteiger partial charge in [0.05, 0.1) is 13.2 Å². The van der Waals surface area contributed by atoms with E-state index >= 15 is 0 Å². The molecule has 1 aromatic heterocycles. The van der Waals surface area contributed by atoms with Crippen LogP contribution in [0.4, 0.5) is 10.2 Å². The van der Waals surface area contributed by atoms with E-state index in [4.69, 9.17) is 4.74 Å². The minimum Gasteiger partial charge on any atom is -0.461 e. The molecule has 0 unspecified atom stereocenters. The second-order valence-electron chi connectivity index (χ2n) is 4.54. The summed E-state index contributed by atoms with van der Waals surface area (Å²) in [6, 6.07) is 8.04. The molecule has 25 heavy (non-hydrogen) atoms. The summed E-state index contributed by atoms with van der Waals surface area (Å²) in [4.78, 5) is 11.6. The monoisotopic (exact) mass is 349 g/mol. The van der Waals surface area contributed by atoms with Gasteiger partial charge in [0.2, 0.25) is 0 Å². The molecule has 0 radical (unpaired) electrons. The maximum atomic E-state index is 13.6. The van der Waals surface area contributed by atoms with E-state index in [-0.39, 0.29) is 24.7 Å². The van der Waals surface area contributed by atoms with Crippen molar-refractivity contribution in [2.45, 2.75) is 34.2 Å². The number of aromatic nitrogens is 2. The fourth-order valence-electron chi connectivity index (χ4n) is 1.83. The van der Waals surface area contributed by atoms with Crippen LogP contribution in [0.5, 0.6) is 0 Å². The molecule has 0 aliphatic carbocycles. The van der Waals surface area contributed by atoms with Crippen LogP contribution in [0.1, 0.15) is 43.7 Å². The van der Waals surface area contributed by atoms with Gasteiger partial charge in [-0.3, -0.25) is 0 Å². The van der Waals surface area contributed by atoms with Gasteiger partial charge in [0.25, 0.3) is 0 Å². The molecule has 0 atom stereocenters. The van der Waals surface area contributed by atoms with Crippen LogP contribution >= 0.6 is 0 Å². The van der Waals surface area contributed by atoms with E-state index in [1.165, 1.54) is 10.7 Å². The Bertz CT molecular complexity index is 654. The second kappa shape index (κ2) is 12.8. The number of nitrogens with one attached hydrogen (secondary N) is 1. The van der Waals surface area contributed by atoms with Crippen molar-refractivity contribution in [1.29, 1.82) is 0 Å². The minimum absolute atomic E-state index is 0.201. The molecule has 1 heterocycles. The number of rotatable bonds is 5. The molecule has 2 aromatic rings. The van der Waals surface area contributed by atoms with Crippen molar-refractivity contribution in [3.8, 4) is 0 Å². The Morgan fingerprint density at radius 1 is 1.40 bits per heavy atom. The average Bonchev–Trinajstić information content (AvgIpc) is 3.03. The summed E-state index contributed by atoms with van der Waals surface area (Å²) >= 11 is 0. The van der Waals surface area contributed by atoms with E-state index in [0.29, 0.717) is 11.4 Å². The quantitative estimate of drug-likeness (QED) is 0.637. The highest BCUT2D eigenvalue weighted by atomic mass is 19.1. The summed E-state index contributed by atoms with van der Waals surface area (Å²) in [7, 11) is 1.71. The number of carbonyl (C=O) groups is 1. The fraction of sp³-hybridized carbons (Fsp3) is 0.368. The lowest BCUT2D eigenvalue weighted by atomic mass is 10.2. The minimum atomic E-state index is -0.490. The summed E-state index contributed by atoms with van der Waals surface area (Å²) in [5, 5.41) is 7.07. The summed E-state index contributed by atoms with van der Waals surface area (Å²) in [6.07, 6.45) is 1.75. The highest BCUT2D eigenvalue weighted by molar-refractivity contribution is 5.88. The molecule has 0 fully saturated rings. The number of halogens is 1. The molecule has 0 amide bonds. The molecule has 0 aliphatic heterocycles. The predicted molar refractivity (Wildman–Crippen MR) is 100 cm³/mol. The summed E-state index contributed by atoms with van der Waals surface area (Å²) in [5.74, 6) is -0.171. The van der Waals surface area contributed by atoms with Gasteiger partial charge in [0.1, 0.15) is 11.6 Å². The van der Waals surface area contributed by atoms with E-state index in [9.17, 15) is 9.18 Å². The Kier molecular flexibility index (Phi) is 11.4. The zero-order valence-corrected chi connectivity index (χ0v) is 15.7. The average molecular weight is 349 g/mol. The zero-order chi connectivity index (χ0) is 19.2. The molecule has 1 N–H and O–H groups in total. The number of allylic oxidation sites excluding steroid dienone is 1. The number of esters is 1. The van der Waals surface area contributed by atoms with Crippen LogP contribution in [0.25, 0.3) is 0 Å². The molecule has 1 aromatic carbocycles. The van der Waals surface area contributed by atoms with E-state index in [0.717, 1.165) is 0 Å². The summed E-state index contributed by atoms with van der Waals surface area (Å²) < 4.78 is 20.1. The number of hydrogen-bond donors (Lipinski definition) is 1. The Labute approximate surface area is 149 Å². The number of benzene rings is 1. The van der Waals surface area contributed by atoms with Crippen LogP contribution in [0.2, 0.25) is 0 Å². The molecule has 0 aliphatic rings. The molecule has 0 saturated heterocycles. The van der Waals surface area contributed by atoms with Crippen molar-refractivity contribution in [3.63, 3.8) is 0 Å². The number of anilines is 1. The van der Waals surface area contributed by atoms with E-state index in [1.54, 1.807) is 44.3 Å². The van der Waals surface area contributed by atoms with Crippen LogP contribution < -0.4 is 5.32 Å².